The molecule has 0 aliphatic heterocycles. The van der Waals surface area contributed by atoms with Crippen molar-refractivity contribution in [2.75, 3.05) is 20.3 Å². The molecule has 1 aromatic rings. The Balaban J connectivity index is 2.45. The minimum absolute atomic E-state index is 0.0427. The van der Waals surface area contributed by atoms with Gasteiger partial charge in [-0.05, 0) is 23.7 Å². The fourth-order valence-electron chi connectivity index (χ4n) is 2.21. The van der Waals surface area contributed by atoms with Gasteiger partial charge in [-0.3, -0.25) is 4.79 Å². The Bertz CT molecular complexity index is 703. The lowest BCUT2D eigenvalue weighted by Gasteiger charge is -2.36. The van der Waals surface area contributed by atoms with Crippen LogP contribution in [-0.4, -0.2) is 52.6 Å². The van der Waals surface area contributed by atoms with Crippen molar-refractivity contribution in [2.24, 2.45) is 0 Å². The van der Waals surface area contributed by atoms with Crippen LogP contribution in [0.4, 0.5) is 4.79 Å². The van der Waals surface area contributed by atoms with E-state index in [4.69, 9.17) is 13.9 Å². The molecule has 1 atom stereocenters. The van der Waals surface area contributed by atoms with Crippen molar-refractivity contribution in [2.45, 2.75) is 58.0 Å². The highest BCUT2D eigenvalue weighted by Crippen LogP contribution is 2.36. The smallest absolute Gasteiger partial charge is 0.407 e. The van der Waals surface area contributed by atoms with Crippen LogP contribution in [0.3, 0.4) is 0 Å². The number of ether oxygens (including phenoxy) is 2. The first-order chi connectivity index (χ1) is 14.0. The molecule has 0 aliphatic carbocycles. The van der Waals surface area contributed by atoms with E-state index >= 15 is 0 Å². The molecular formula is C21H34N2O6Si. The average molecular weight is 439 g/mol. The van der Waals surface area contributed by atoms with Gasteiger partial charge in [-0.15, -0.1) is 0 Å². The van der Waals surface area contributed by atoms with Gasteiger partial charge in [0, 0.05) is 13.0 Å². The highest BCUT2D eigenvalue weighted by Gasteiger charge is 2.37. The van der Waals surface area contributed by atoms with Gasteiger partial charge in [-0.25, -0.2) is 9.59 Å². The molecule has 0 aliphatic rings. The maximum atomic E-state index is 12.2. The van der Waals surface area contributed by atoms with Gasteiger partial charge in [0.05, 0.1) is 7.11 Å². The molecule has 9 heteroatoms. The molecule has 0 saturated carbocycles. The molecule has 0 fully saturated rings. The lowest BCUT2D eigenvalue weighted by Crippen LogP contribution is -2.47. The summed E-state index contributed by atoms with van der Waals surface area (Å²) in [6.45, 7) is 10.7. The van der Waals surface area contributed by atoms with E-state index in [0.717, 1.165) is 5.56 Å². The van der Waals surface area contributed by atoms with Crippen molar-refractivity contribution in [3.8, 4) is 0 Å². The monoisotopic (exact) mass is 438 g/mol. The molecule has 0 bridgehead atoms. The summed E-state index contributed by atoms with van der Waals surface area (Å²) in [6, 6.07) is 8.34. The maximum absolute atomic E-state index is 12.2. The van der Waals surface area contributed by atoms with Gasteiger partial charge in [0.2, 0.25) is 5.91 Å². The Morgan fingerprint density at radius 1 is 1.10 bits per heavy atom. The zero-order valence-electron chi connectivity index (χ0n) is 18.7. The number of hydrogen-bond donors (Lipinski definition) is 2. The highest BCUT2D eigenvalue weighted by molar-refractivity contribution is 6.74. The average Bonchev–Trinajstić information content (AvgIpc) is 2.69. The van der Waals surface area contributed by atoms with Crippen LogP contribution in [0.5, 0.6) is 0 Å². The first-order valence-corrected chi connectivity index (χ1v) is 12.8. The van der Waals surface area contributed by atoms with E-state index in [-0.39, 0.29) is 24.6 Å². The van der Waals surface area contributed by atoms with E-state index in [9.17, 15) is 14.4 Å². The molecule has 168 valence electrons. The Hall–Kier alpha value is -2.39. The second-order valence-electron chi connectivity index (χ2n) is 8.46. The molecule has 1 rings (SSSR count). The van der Waals surface area contributed by atoms with E-state index in [1.807, 2.05) is 30.3 Å². The van der Waals surface area contributed by atoms with Crippen LogP contribution in [0, 0.1) is 0 Å². The molecule has 0 spiro atoms. The molecule has 2 N–H and O–H groups in total. The number of hydrogen-bond acceptors (Lipinski definition) is 6. The first kappa shape index (κ1) is 25.6. The van der Waals surface area contributed by atoms with Crippen LogP contribution in [0.15, 0.2) is 30.3 Å². The molecular weight excluding hydrogens is 404 g/mol. The first-order valence-electron chi connectivity index (χ1n) is 9.92. The molecule has 8 nitrogen and oxygen atoms in total. The Morgan fingerprint density at radius 3 is 2.30 bits per heavy atom. The van der Waals surface area contributed by atoms with Gasteiger partial charge in [-0.2, -0.15) is 0 Å². The summed E-state index contributed by atoms with van der Waals surface area (Å²) in [5, 5.41) is 4.98. The van der Waals surface area contributed by atoms with Crippen LogP contribution < -0.4 is 10.6 Å². The van der Waals surface area contributed by atoms with Crippen molar-refractivity contribution >= 4 is 26.3 Å². The van der Waals surface area contributed by atoms with Gasteiger partial charge in [0.1, 0.15) is 19.2 Å². The van der Waals surface area contributed by atoms with Crippen molar-refractivity contribution in [3.63, 3.8) is 0 Å². The largest absolute Gasteiger partial charge is 0.467 e. The van der Waals surface area contributed by atoms with Crippen LogP contribution in [0.1, 0.15) is 32.8 Å². The predicted molar refractivity (Wildman–Crippen MR) is 116 cm³/mol. The summed E-state index contributed by atoms with van der Waals surface area (Å²) < 4.78 is 15.9. The summed E-state index contributed by atoms with van der Waals surface area (Å²) in [5.41, 5.74) is 0.838. The van der Waals surface area contributed by atoms with Crippen molar-refractivity contribution in [3.05, 3.63) is 35.9 Å². The number of amides is 2. The minimum Gasteiger partial charge on any atom is -0.467 e. The maximum Gasteiger partial charge on any atom is 0.407 e. The number of rotatable bonds is 10. The molecule has 30 heavy (non-hydrogen) atoms. The minimum atomic E-state index is -1.96. The molecule has 2 amide bonds. The SMILES string of the molecule is COC(=O)[C@H](CCO[Si](C)(C)C(C)(C)C)NC(=O)CNC(=O)OCc1ccccc1. The fraction of sp³-hybridized carbons (Fsp3) is 0.571. The number of methoxy groups -OCH3 is 1. The van der Waals surface area contributed by atoms with Crippen LogP contribution in [0.25, 0.3) is 0 Å². The number of nitrogens with one attached hydrogen (secondary N) is 2. The quantitative estimate of drug-likeness (QED) is 0.430. The summed E-state index contributed by atoms with van der Waals surface area (Å²) in [7, 11) is -0.703. The van der Waals surface area contributed by atoms with Gasteiger partial charge in [-0.1, -0.05) is 51.1 Å². The predicted octanol–water partition coefficient (Wildman–Crippen LogP) is 2.98. The van der Waals surface area contributed by atoms with E-state index in [1.54, 1.807) is 0 Å². The number of esters is 1. The second kappa shape index (κ2) is 11.7. The summed E-state index contributed by atoms with van der Waals surface area (Å²) in [5.74, 6) is -1.08. The van der Waals surface area contributed by atoms with Crippen LogP contribution in [0.2, 0.25) is 18.1 Å². The summed E-state index contributed by atoms with van der Waals surface area (Å²) in [4.78, 5) is 35.9. The lowest BCUT2D eigenvalue weighted by atomic mass is 10.2. The van der Waals surface area contributed by atoms with Crippen molar-refractivity contribution in [1.29, 1.82) is 0 Å². The number of alkyl carbamates (subject to hydrolysis) is 1. The van der Waals surface area contributed by atoms with Crippen molar-refractivity contribution < 1.29 is 28.3 Å². The van der Waals surface area contributed by atoms with Gasteiger partial charge < -0.3 is 24.5 Å². The molecule has 0 aromatic heterocycles. The number of benzene rings is 1. The Kier molecular flexibility index (Phi) is 10.0. The Morgan fingerprint density at radius 2 is 1.73 bits per heavy atom. The van der Waals surface area contributed by atoms with E-state index in [2.05, 4.69) is 44.5 Å². The third-order valence-electron chi connectivity index (χ3n) is 5.10. The summed E-state index contributed by atoms with van der Waals surface area (Å²) >= 11 is 0. The van der Waals surface area contributed by atoms with Crippen LogP contribution in [-0.2, 0) is 30.1 Å². The zero-order chi connectivity index (χ0) is 22.8. The van der Waals surface area contributed by atoms with Gasteiger partial charge in [0.25, 0.3) is 0 Å². The van der Waals surface area contributed by atoms with E-state index in [1.165, 1.54) is 7.11 Å². The highest BCUT2D eigenvalue weighted by atomic mass is 28.4. The summed E-state index contributed by atoms with van der Waals surface area (Å²) in [6.07, 6.45) is -0.437. The van der Waals surface area contributed by atoms with E-state index < -0.39 is 32.3 Å². The molecule has 1 aromatic carbocycles. The molecule has 0 heterocycles. The van der Waals surface area contributed by atoms with Gasteiger partial charge >= 0.3 is 12.1 Å². The third-order valence-corrected chi connectivity index (χ3v) is 9.64. The number of carbonyl (C=O) groups excluding carboxylic acids is 3. The number of carbonyl (C=O) groups is 3. The molecule has 0 unspecified atom stereocenters. The zero-order valence-corrected chi connectivity index (χ0v) is 19.7. The topological polar surface area (TPSA) is 103 Å². The second-order valence-corrected chi connectivity index (χ2v) is 13.3. The lowest BCUT2D eigenvalue weighted by molar-refractivity contribution is -0.145. The fourth-order valence-corrected chi connectivity index (χ4v) is 3.27. The standard InChI is InChI=1S/C21H34N2O6Si/c1-21(2,3)30(5,6)29-13-12-17(19(25)27-4)23-18(24)14-22-20(26)28-15-16-10-8-7-9-11-16/h7-11,17H,12-15H2,1-6H3,(H,22,26)(H,23,24)/t17-/m0/s1. The molecule has 0 radical (unpaired) electrons. The van der Waals surface area contributed by atoms with Crippen molar-refractivity contribution in [1.82, 2.24) is 10.6 Å². The van der Waals surface area contributed by atoms with Crippen LogP contribution >= 0.6 is 0 Å². The van der Waals surface area contributed by atoms with E-state index in [0.29, 0.717) is 6.61 Å². The normalized spacial score (nSPS) is 12.6. The Labute approximate surface area is 179 Å². The molecule has 0 saturated heterocycles. The van der Waals surface area contributed by atoms with Gasteiger partial charge in [0.15, 0.2) is 8.32 Å². The third kappa shape index (κ3) is 8.96.